The molecule has 0 bridgehead atoms. The van der Waals surface area contributed by atoms with Crippen molar-refractivity contribution in [1.29, 1.82) is 0 Å². The van der Waals surface area contributed by atoms with Crippen molar-refractivity contribution >= 4 is 26.8 Å². The van der Waals surface area contributed by atoms with Crippen molar-refractivity contribution < 1.29 is 26.5 Å². The number of hydrogen-bond acceptors (Lipinski definition) is 5. The van der Waals surface area contributed by atoms with Crippen molar-refractivity contribution in [3.05, 3.63) is 109 Å². The summed E-state index contributed by atoms with van der Waals surface area (Å²) in [6.45, 7) is 0. The van der Waals surface area contributed by atoms with Gasteiger partial charge in [-0.2, -0.15) is 8.78 Å². The minimum absolute atomic E-state index is 0.0146. The number of nitrogens with one attached hydrogen (secondary N) is 1. The minimum Gasteiger partial charge on any atom is -0.743 e. The van der Waals surface area contributed by atoms with Gasteiger partial charge in [-0.05, 0) is 36.4 Å². The van der Waals surface area contributed by atoms with Crippen molar-refractivity contribution in [3.63, 3.8) is 0 Å². The molecule has 0 fully saturated rings. The first kappa shape index (κ1) is 24.3. The Labute approximate surface area is 192 Å². The first-order valence-electron chi connectivity index (χ1n) is 9.48. The third kappa shape index (κ3) is 5.92. The molecule has 3 aromatic carbocycles. The average molecular weight is 489 g/mol. The van der Waals surface area contributed by atoms with E-state index in [9.17, 15) is 26.5 Å². The van der Waals surface area contributed by atoms with Crippen molar-refractivity contribution in [2.75, 3.05) is 0 Å². The van der Waals surface area contributed by atoms with Gasteiger partial charge in [0.05, 0.1) is 10.9 Å². The standard InChI is InChI=1S/C18H15S.C5H4F2N2O4S/c1-4-10-16(11-5-1)19(17-12-6-2-7-13-17)18-14-8-3-9-15-18;6-5(7,14(11,12)13)3(10)4-8-1-2-9-4/h1-15H;1-2H,(H,8,9)(H,11,12,13)/q+1;/p-1. The number of nitrogens with zero attached hydrogens (tertiary/aromatic N) is 1. The molecule has 33 heavy (non-hydrogen) atoms. The van der Waals surface area contributed by atoms with Crippen molar-refractivity contribution in [2.45, 2.75) is 19.9 Å². The molecule has 4 rings (SSSR count). The molecule has 0 saturated carbocycles. The number of carbonyl (C=O) groups excluding carboxylic acids is 1. The lowest BCUT2D eigenvalue weighted by Crippen LogP contribution is -2.38. The number of aromatic nitrogens is 2. The Morgan fingerprint density at radius 2 is 1.21 bits per heavy atom. The number of hydrogen-bond donors (Lipinski definition) is 1. The van der Waals surface area contributed by atoms with Gasteiger partial charge in [0.2, 0.25) is 0 Å². The van der Waals surface area contributed by atoms with Crippen LogP contribution in [0.4, 0.5) is 8.78 Å². The summed E-state index contributed by atoms with van der Waals surface area (Å²) in [6, 6.07) is 32.2. The second-order valence-electron chi connectivity index (χ2n) is 6.48. The number of H-pyrrole nitrogens is 1. The lowest BCUT2D eigenvalue weighted by Gasteiger charge is -2.16. The molecule has 6 nitrogen and oxygen atoms in total. The van der Waals surface area contributed by atoms with Crippen molar-refractivity contribution in [1.82, 2.24) is 9.97 Å². The summed E-state index contributed by atoms with van der Waals surface area (Å²) in [5, 5.41) is -5.00. The van der Waals surface area contributed by atoms with Gasteiger partial charge in [-0.1, -0.05) is 54.6 Å². The molecule has 0 spiro atoms. The van der Waals surface area contributed by atoms with E-state index in [0.29, 0.717) is 0 Å². The molecule has 0 atom stereocenters. The molecule has 0 saturated heterocycles. The number of halogens is 2. The van der Waals surface area contributed by atoms with E-state index in [-0.39, 0.29) is 10.9 Å². The van der Waals surface area contributed by atoms with Gasteiger partial charge in [0.25, 0.3) is 5.78 Å². The fraction of sp³-hybridized carbons (Fsp3) is 0.0435. The number of ketones is 1. The Balaban J connectivity index is 0.000000196. The van der Waals surface area contributed by atoms with E-state index in [1.54, 1.807) is 0 Å². The lowest BCUT2D eigenvalue weighted by molar-refractivity contribution is 0.0478. The first-order chi connectivity index (χ1) is 15.7. The summed E-state index contributed by atoms with van der Waals surface area (Å²) in [6.07, 6.45) is 2.02. The monoisotopic (exact) mass is 488 g/mol. The molecule has 0 aliphatic rings. The number of rotatable bonds is 6. The molecular weight excluding hydrogens is 470 g/mol. The van der Waals surface area contributed by atoms with Crippen LogP contribution in [0.2, 0.25) is 0 Å². The van der Waals surface area contributed by atoms with Gasteiger partial charge in [-0.25, -0.2) is 13.4 Å². The Bertz CT molecular complexity index is 1180. The highest BCUT2D eigenvalue weighted by molar-refractivity contribution is 7.97. The maximum absolute atomic E-state index is 12.6. The van der Waals surface area contributed by atoms with E-state index in [2.05, 4.69) is 96.0 Å². The number of alkyl halides is 2. The molecule has 170 valence electrons. The fourth-order valence-corrected chi connectivity index (χ4v) is 5.15. The summed E-state index contributed by atoms with van der Waals surface area (Å²) in [5.41, 5.74) is 0. The summed E-state index contributed by atoms with van der Waals surface area (Å²) >= 11 is 0. The largest absolute Gasteiger partial charge is 0.743 e. The number of Topliss-reactive ketones (excluding diaryl/α,β-unsaturated/α-hetero) is 1. The van der Waals surface area contributed by atoms with Gasteiger partial charge in [0.15, 0.2) is 30.6 Å². The molecule has 4 aromatic rings. The molecule has 1 N–H and O–H groups in total. The molecule has 0 radical (unpaired) electrons. The quantitative estimate of drug-likeness (QED) is 0.244. The van der Waals surface area contributed by atoms with E-state index in [4.69, 9.17) is 0 Å². The second-order valence-corrected chi connectivity index (χ2v) is 9.93. The maximum Gasteiger partial charge on any atom is 0.399 e. The van der Waals surface area contributed by atoms with Gasteiger partial charge in [0.1, 0.15) is 0 Å². The number of aromatic amines is 1. The van der Waals surface area contributed by atoms with Crippen molar-refractivity contribution in [2.24, 2.45) is 0 Å². The highest BCUT2D eigenvalue weighted by Gasteiger charge is 2.48. The first-order valence-corrected chi connectivity index (χ1v) is 12.1. The normalized spacial score (nSPS) is 11.5. The molecule has 0 amide bonds. The number of carbonyl (C=O) groups is 1. The van der Waals surface area contributed by atoms with Crippen LogP contribution in [-0.2, 0) is 21.0 Å². The highest BCUT2D eigenvalue weighted by atomic mass is 32.2. The SMILES string of the molecule is O=C(c1ncc[nH]1)C(F)(F)S(=O)(=O)[O-].c1ccc([S+](c2ccccc2)c2ccccc2)cc1. The van der Waals surface area contributed by atoms with E-state index in [1.165, 1.54) is 14.7 Å². The zero-order valence-electron chi connectivity index (χ0n) is 17.0. The Morgan fingerprint density at radius 3 is 1.52 bits per heavy atom. The third-order valence-corrected chi connectivity index (χ3v) is 7.27. The van der Waals surface area contributed by atoms with Gasteiger partial charge in [-0.3, -0.25) is 4.79 Å². The van der Waals surface area contributed by atoms with Crippen LogP contribution < -0.4 is 0 Å². The Hall–Kier alpha value is -3.34. The minimum atomic E-state index is -6.02. The molecule has 1 heterocycles. The van der Waals surface area contributed by atoms with Crippen LogP contribution in [0.15, 0.2) is 118 Å². The van der Waals surface area contributed by atoms with Crippen LogP contribution in [0.5, 0.6) is 0 Å². The van der Waals surface area contributed by atoms with E-state index in [1.807, 2.05) is 4.98 Å². The molecule has 1 aromatic heterocycles. The third-order valence-electron chi connectivity index (χ3n) is 4.23. The van der Waals surface area contributed by atoms with Crippen LogP contribution in [0, 0.1) is 0 Å². The van der Waals surface area contributed by atoms with E-state index >= 15 is 0 Å². The van der Waals surface area contributed by atoms with Crippen LogP contribution in [0.1, 0.15) is 10.6 Å². The van der Waals surface area contributed by atoms with E-state index in [0.717, 1.165) is 12.4 Å². The van der Waals surface area contributed by atoms with Crippen LogP contribution >= 0.6 is 0 Å². The Kier molecular flexibility index (Phi) is 7.75. The predicted octanol–water partition coefficient (Wildman–Crippen LogP) is 4.51. The maximum atomic E-state index is 12.6. The van der Waals surface area contributed by atoms with Crippen LogP contribution in [0.25, 0.3) is 0 Å². The average Bonchev–Trinajstić information content (AvgIpc) is 3.35. The molecule has 0 aliphatic carbocycles. The molecule has 10 heteroatoms. The zero-order valence-corrected chi connectivity index (χ0v) is 18.6. The Morgan fingerprint density at radius 1 is 0.818 bits per heavy atom. The van der Waals surface area contributed by atoms with Gasteiger partial charge >= 0.3 is 5.25 Å². The summed E-state index contributed by atoms with van der Waals surface area (Å²) < 4.78 is 55.2. The molecule has 0 unspecified atom stereocenters. The lowest BCUT2D eigenvalue weighted by atomic mass is 10.4. The smallest absolute Gasteiger partial charge is 0.399 e. The van der Waals surface area contributed by atoms with Crippen molar-refractivity contribution in [3.8, 4) is 0 Å². The topological polar surface area (TPSA) is 103 Å². The number of imidazole rings is 1. The zero-order chi connectivity index (χ0) is 23.9. The van der Waals surface area contributed by atoms with Gasteiger partial charge in [-0.15, -0.1) is 0 Å². The summed E-state index contributed by atoms with van der Waals surface area (Å²) in [5.74, 6) is -3.05. The number of benzene rings is 3. The predicted molar refractivity (Wildman–Crippen MR) is 119 cm³/mol. The van der Waals surface area contributed by atoms with Gasteiger partial charge in [0, 0.05) is 12.4 Å². The summed E-state index contributed by atoms with van der Waals surface area (Å²) in [4.78, 5) is 19.9. The van der Waals surface area contributed by atoms with E-state index < -0.39 is 27.0 Å². The highest BCUT2D eigenvalue weighted by Crippen LogP contribution is 2.30. The van der Waals surface area contributed by atoms with Crippen LogP contribution in [0.3, 0.4) is 0 Å². The van der Waals surface area contributed by atoms with Gasteiger partial charge < -0.3 is 9.54 Å². The van der Waals surface area contributed by atoms with Crippen LogP contribution in [-0.4, -0.2) is 34.0 Å². The summed E-state index contributed by atoms with van der Waals surface area (Å²) in [7, 11) is -6.04. The molecular formula is C23H18F2N2O4S2. The fourth-order valence-electron chi connectivity index (χ4n) is 2.72. The molecule has 0 aliphatic heterocycles. The second kappa shape index (κ2) is 10.5.